The zero-order chi connectivity index (χ0) is 37.3. The summed E-state index contributed by atoms with van der Waals surface area (Å²) >= 11 is 13.0. The largest absolute Gasteiger partial charge is 0.497 e. The van der Waals surface area contributed by atoms with Crippen molar-refractivity contribution in [2.24, 2.45) is 0 Å². The number of aromatic nitrogens is 8. The Balaban J connectivity index is 1.37. The molecule has 282 valence electrons. The van der Waals surface area contributed by atoms with E-state index in [0.29, 0.717) is 94.2 Å². The summed E-state index contributed by atoms with van der Waals surface area (Å²) in [7, 11) is 0.861. The first-order valence-electron chi connectivity index (χ1n) is 16.8. The molecule has 7 rings (SSSR count). The maximum atomic E-state index is 13.6. The molecular weight excluding hydrogens is 749 g/mol. The molecule has 0 atom stereocenters. The van der Waals surface area contributed by atoms with Gasteiger partial charge in [-0.05, 0) is 48.6 Å². The number of imidazole rings is 1. The van der Waals surface area contributed by atoms with Crippen LogP contribution < -0.4 is 14.5 Å². The Labute approximate surface area is 316 Å². The first-order valence-corrected chi connectivity index (χ1v) is 20.6. The molecule has 0 radical (unpaired) electrons. The van der Waals surface area contributed by atoms with Crippen molar-refractivity contribution in [3.05, 3.63) is 76.4 Å². The molecule has 1 saturated heterocycles. The number of anilines is 2. The minimum absolute atomic E-state index is 0.244. The van der Waals surface area contributed by atoms with Crippen molar-refractivity contribution in [3.8, 4) is 16.9 Å². The van der Waals surface area contributed by atoms with Crippen LogP contribution in [0.4, 0.5) is 20.7 Å². The lowest BCUT2D eigenvalue weighted by molar-refractivity contribution is 0.0566. The van der Waals surface area contributed by atoms with Gasteiger partial charge in [0.1, 0.15) is 18.3 Å². The zero-order valence-electron chi connectivity index (χ0n) is 29.8. The fourth-order valence-electron chi connectivity index (χ4n) is 5.97. The van der Waals surface area contributed by atoms with Gasteiger partial charge in [-0.15, -0.1) is 0 Å². The maximum absolute atomic E-state index is 13.6. The van der Waals surface area contributed by atoms with Gasteiger partial charge in [-0.2, -0.15) is 33.5 Å². The van der Waals surface area contributed by atoms with Crippen molar-refractivity contribution < 1.29 is 23.0 Å². The number of halogens is 4. The van der Waals surface area contributed by atoms with Crippen molar-refractivity contribution >= 4 is 61.8 Å². The summed E-state index contributed by atoms with van der Waals surface area (Å²) in [6, 6.07) is 11.3. The van der Waals surface area contributed by atoms with Crippen molar-refractivity contribution in [3.63, 3.8) is 0 Å². The number of methoxy groups -OCH3 is 1. The van der Waals surface area contributed by atoms with E-state index in [1.165, 1.54) is 12.4 Å². The number of morpholine rings is 1. The normalized spacial score (nSPS) is 14.2. The molecule has 5 heterocycles. The third-order valence-electron chi connectivity index (χ3n) is 8.82. The molecular formula is C35H40Cl2F2N10O3S. The highest BCUT2D eigenvalue weighted by Crippen LogP contribution is 2.35. The van der Waals surface area contributed by atoms with Gasteiger partial charge in [0.15, 0.2) is 5.65 Å². The number of fused-ring (bicyclic) bond motifs is 2. The molecule has 0 amide bonds. The molecule has 18 heteroatoms. The Kier molecular flexibility index (Phi) is 10.9. The lowest BCUT2D eigenvalue weighted by Crippen LogP contribution is -2.38. The van der Waals surface area contributed by atoms with Crippen molar-refractivity contribution in [2.45, 2.75) is 26.4 Å². The number of alkyl halides is 2. The third-order valence-corrected chi connectivity index (χ3v) is 10.9. The molecule has 1 aliphatic rings. The molecule has 4 aromatic heterocycles. The second-order valence-corrected chi connectivity index (χ2v) is 18.9. The summed E-state index contributed by atoms with van der Waals surface area (Å²) in [4.78, 5) is 19.2. The Morgan fingerprint density at radius 3 is 2.42 bits per heavy atom. The van der Waals surface area contributed by atoms with Gasteiger partial charge in [0.05, 0.1) is 66.9 Å². The number of hydrogen-bond acceptors (Lipinski definition) is 10. The van der Waals surface area contributed by atoms with E-state index >= 15 is 0 Å². The summed E-state index contributed by atoms with van der Waals surface area (Å²) in [5, 5.41) is 9.38. The Hall–Kier alpha value is -4.22. The van der Waals surface area contributed by atoms with E-state index in [1.54, 1.807) is 30.0 Å². The lowest BCUT2D eigenvalue weighted by atomic mass is 10.2. The average molecular weight is 790 g/mol. The van der Waals surface area contributed by atoms with Crippen LogP contribution in [0.25, 0.3) is 27.8 Å². The van der Waals surface area contributed by atoms with E-state index in [2.05, 4.69) is 28.8 Å². The molecule has 1 aliphatic heterocycles. The quantitative estimate of drug-likeness (QED) is 0.110. The van der Waals surface area contributed by atoms with Gasteiger partial charge in [0, 0.05) is 42.7 Å². The minimum atomic E-state index is -2.79. The summed E-state index contributed by atoms with van der Waals surface area (Å²) in [5.41, 5.74) is 3.83. The van der Waals surface area contributed by atoms with E-state index in [9.17, 15) is 8.78 Å². The monoisotopic (exact) mass is 788 g/mol. The van der Waals surface area contributed by atoms with Crippen molar-refractivity contribution in [1.82, 2.24) is 38.9 Å². The fraction of sp³-hybridized carbons (Fsp3) is 0.400. The highest BCUT2D eigenvalue weighted by molar-refractivity contribution is 8.32. The van der Waals surface area contributed by atoms with Crippen LogP contribution in [0.2, 0.25) is 10.0 Å². The van der Waals surface area contributed by atoms with Crippen LogP contribution in [0.3, 0.4) is 0 Å². The van der Waals surface area contributed by atoms with E-state index in [-0.39, 0.29) is 13.3 Å². The zero-order valence-corrected chi connectivity index (χ0v) is 32.1. The second kappa shape index (κ2) is 15.6. The summed E-state index contributed by atoms with van der Waals surface area (Å²) in [5.74, 6) is 3.28. The van der Waals surface area contributed by atoms with E-state index in [4.69, 9.17) is 57.5 Å². The molecule has 1 fully saturated rings. The molecule has 6 aromatic rings. The number of benzene rings is 2. The minimum Gasteiger partial charge on any atom is -0.497 e. The molecule has 0 bridgehead atoms. The van der Waals surface area contributed by atoms with Gasteiger partial charge < -0.3 is 28.6 Å². The van der Waals surface area contributed by atoms with Crippen LogP contribution in [0.15, 0.2) is 55.0 Å². The van der Waals surface area contributed by atoms with Gasteiger partial charge in [0.2, 0.25) is 11.9 Å². The first-order chi connectivity index (χ1) is 25.5. The van der Waals surface area contributed by atoms with Gasteiger partial charge >= 0.3 is 6.55 Å². The predicted octanol–water partition coefficient (Wildman–Crippen LogP) is 6.76. The van der Waals surface area contributed by atoms with Crippen molar-refractivity contribution in [2.75, 3.05) is 74.3 Å². The number of ether oxygens (including phenoxy) is 3. The molecule has 0 N–H and O–H groups in total. The van der Waals surface area contributed by atoms with Crippen LogP contribution in [0.5, 0.6) is 5.75 Å². The standard InChI is InChI=1S/C35H40Cl2F2N10O3S/c1-50-25-7-5-23(6-8-25)19-46(21-31-42-29-15-27(36)28(37)16-30(29)47(31)22-52-13-14-53(2,3)4)35-44-34(45-9-11-51-12-10-45)43-32-26(18-41-49(32)35)24-17-40-48(20-24)33(38)39/h5-8,15-18,20,33H,9-14,19,21-22H2,1-4H3. The lowest BCUT2D eigenvalue weighted by Gasteiger charge is -2.29. The summed E-state index contributed by atoms with van der Waals surface area (Å²) < 4.78 is 48.7. The van der Waals surface area contributed by atoms with E-state index in [0.717, 1.165) is 22.6 Å². The smallest absolute Gasteiger partial charge is 0.333 e. The highest BCUT2D eigenvalue weighted by atomic mass is 35.5. The molecule has 0 aliphatic carbocycles. The molecule has 0 unspecified atom stereocenters. The first kappa shape index (κ1) is 37.1. The Morgan fingerprint density at radius 2 is 1.72 bits per heavy atom. The average Bonchev–Trinajstić information content (AvgIpc) is 3.88. The molecule has 0 spiro atoms. The Bertz CT molecular complexity index is 2200. The van der Waals surface area contributed by atoms with Crippen LogP contribution in [0, 0.1) is 0 Å². The van der Waals surface area contributed by atoms with E-state index < -0.39 is 16.6 Å². The fourth-order valence-corrected chi connectivity index (χ4v) is 6.90. The molecule has 2 aromatic carbocycles. The van der Waals surface area contributed by atoms with Crippen LogP contribution in [0.1, 0.15) is 17.9 Å². The number of rotatable bonds is 14. The van der Waals surface area contributed by atoms with Crippen LogP contribution in [-0.4, -0.2) is 103 Å². The van der Waals surface area contributed by atoms with Gasteiger partial charge in [-0.25, -0.2) is 19.7 Å². The summed E-state index contributed by atoms with van der Waals surface area (Å²) in [6.45, 7) is 0.862. The molecule has 13 nitrogen and oxygen atoms in total. The summed E-state index contributed by atoms with van der Waals surface area (Å²) in [6.07, 6.45) is 11.0. The predicted molar refractivity (Wildman–Crippen MR) is 205 cm³/mol. The van der Waals surface area contributed by atoms with Gasteiger partial charge in [0.25, 0.3) is 0 Å². The maximum Gasteiger partial charge on any atom is 0.333 e. The van der Waals surface area contributed by atoms with Crippen LogP contribution >= 0.6 is 33.2 Å². The molecule has 0 saturated carbocycles. The second-order valence-electron chi connectivity index (χ2n) is 13.5. The molecule has 53 heavy (non-hydrogen) atoms. The SMILES string of the molecule is COc1ccc(CN(Cc2nc3cc(Cl)c(Cl)cc3n2COCCS(C)(C)C)c2nc(N3CCOCC3)nc3c(-c4cnn(C(F)F)c4)cnn23)cc1. The topological polar surface area (TPSA) is 113 Å². The van der Waals surface area contributed by atoms with E-state index in [1.807, 2.05) is 33.7 Å². The number of nitrogens with zero attached hydrogens (tertiary/aromatic N) is 10. The Morgan fingerprint density at radius 1 is 0.962 bits per heavy atom. The highest BCUT2D eigenvalue weighted by Gasteiger charge is 2.26. The van der Waals surface area contributed by atoms with Crippen molar-refractivity contribution in [1.29, 1.82) is 0 Å². The number of hydrogen-bond donors (Lipinski definition) is 0. The third kappa shape index (κ3) is 8.31. The van der Waals surface area contributed by atoms with Crippen LogP contribution in [-0.2, 0) is 29.3 Å². The van der Waals surface area contributed by atoms with Gasteiger partial charge in [-0.1, -0.05) is 35.3 Å². The van der Waals surface area contributed by atoms with Gasteiger partial charge in [-0.3, -0.25) is 0 Å².